The number of aromatic nitrogens is 4. The molecule has 2 aromatic heterocycles. The van der Waals surface area contributed by atoms with E-state index in [1.54, 1.807) is 0 Å². The number of rotatable bonds is 20. The number of nitrogens with two attached hydrogens (primary N) is 1. The van der Waals surface area contributed by atoms with Crippen molar-refractivity contribution >= 4 is 80.9 Å². The molecule has 352 valence electrons. The average molecular weight is 976 g/mol. The molecular formula is C32H48N7O20P3S. The number of carbonyl (C=O) groups is 5. The Hall–Kier alpha value is -3.30. The monoisotopic (exact) mass is 975 g/mol. The van der Waals surface area contributed by atoms with E-state index in [4.69, 9.17) is 24.3 Å². The number of hydrogen-bond donors (Lipinski definition) is 9. The number of phosphoric acid groups is 3. The molecule has 1 spiro atoms. The maximum absolute atomic E-state index is 13.1. The van der Waals surface area contributed by atoms with Crippen LogP contribution >= 0.6 is 35.2 Å². The van der Waals surface area contributed by atoms with Gasteiger partial charge in [0.05, 0.1) is 19.5 Å². The zero-order valence-electron chi connectivity index (χ0n) is 33.8. The van der Waals surface area contributed by atoms with E-state index in [0.29, 0.717) is 6.42 Å². The molecule has 31 heteroatoms. The Kier molecular flexibility index (Phi) is 16.1. The summed E-state index contributed by atoms with van der Waals surface area (Å²) in [7, 11) is -16.5. The van der Waals surface area contributed by atoms with Gasteiger partial charge in [0.25, 0.3) is 0 Å². The largest absolute Gasteiger partial charge is 0.481 e. The topological polar surface area (TPSA) is 407 Å². The average Bonchev–Trinajstić information content (AvgIpc) is 3.88. The molecule has 10 atom stereocenters. The lowest BCUT2D eigenvalue weighted by Gasteiger charge is -2.42. The summed E-state index contributed by atoms with van der Waals surface area (Å²) in [5.41, 5.74) is 3.03. The van der Waals surface area contributed by atoms with Crippen LogP contribution < -0.4 is 16.4 Å². The predicted octanol–water partition coefficient (Wildman–Crippen LogP) is -0.644. The Morgan fingerprint density at radius 1 is 1.06 bits per heavy atom. The highest BCUT2D eigenvalue weighted by Crippen LogP contribution is 2.61. The molecule has 10 N–H and O–H groups in total. The van der Waals surface area contributed by atoms with E-state index in [9.17, 15) is 67.5 Å². The van der Waals surface area contributed by atoms with Crippen molar-refractivity contribution in [2.45, 2.75) is 89.1 Å². The van der Waals surface area contributed by atoms with Crippen LogP contribution in [0.1, 0.15) is 59.1 Å². The van der Waals surface area contributed by atoms with Gasteiger partial charge in [-0.15, -0.1) is 0 Å². The summed E-state index contributed by atoms with van der Waals surface area (Å²) in [6, 6.07) is 0. The fraction of sp³-hybridized carbons (Fsp3) is 0.688. The molecule has 0 bridgehead atoms. The second kappa shape index (κ2) is 20.1. The third-order valence-electron chi connectivity index (χ3n) is 10.5. The van der Waals surface area contributed by atoms with E-state index in [-0.39, 0.29) is 73.2 Å². The summed E-state index contributed by atoms with van der Waals surface area (Å²) in [6.07, 6.45) is -6.08. The molecule has 27 nitrogen and oxygen atoms in total. The first-order valence-corrected chi connectivity index (χ1v) is 24.6. The number of imidazole rings is 1. The fourth-order valence-corrected chi connectivity index (χ4v) is 10.9. The Labute approximate surface area is 361 Å². The predicted molar refractivity (Wildman–Crippen MR) is 212 cm³/mol. The number of fused-ring (bicyclic) bond motifs is 1. The van der Waals surface area contributed by atoms with Crippen LogP contribution in [0.3, 0.4) is 0 Å². The number of phosphoric ester groups is 3. The van der Waals surface area contributed by atoms with Crippen molar-refractivity contribution in [2.24, 2.45) is 17.3 Å². The van der Waals surface area contributed by atoms with Crippen molar-refractivity contribution in [1.29, 1.82) is 0 Å². The van der Waals surface area contributed by atoms with Crippen molar-refractivity contribution in [3.63, 3.8) is 0 Å². The van der Waals surface area contributed by atoms with Crippen molar-refractivity contribution in [1.82, 2.24) is 30.2 Å². The zero-order valence-corrected chi connectivity index (χ0v) is 37.3. The summed E-state index contributed by atoms with van der Waals surface area (Å²) in [5, 5.41) is 26.0. The van der Waals surface area contributed by atoms with Crippen LogP contribution in [0.4, 0.5) is 5.82 Å². The normalized spacial score (nSPS) is 27.8. The summed E-state index contributed by atoms with van der Waals surface area (Å²) in [5.74, 6) is -3.53. The molecule has 1 aliphatic carbocycles. The molecule has 2 aromatic rings. The van der Waals surface area contributed by atoms with Gasteiger partial charge in [-0.05, 0) is 18.8 Å². The van der Waals surface area contributed by atoms with Gasteiger partial charge in [0.1, 0.15) is 53.6 Å². The number of nitrogen functional groups attached to an aromatic ring is 1. The zero-order chi connectivity index (χ0) is 46.7. The van der Waals surface area contributed by atoms with Crippen LogP contribution in [0.15, 0.2) is 12.7 Å². The van der Waals surface area contributed by atoms with Gasteiger partial charge < -0.3 is 55.6 Å². The first kappa shape index (κ1) is 50.7. The number of thioether (sulfide) groups is 1. The van der Waals surface area contributed by atoms with Crippen LogP contribution in [0.5, 0.6) is 0 Å². The lowest BCUT2D eigenvalue weighted by atomic mass is 9.67. The second-order valence-corrected chi connectivity index (χ2v) is 20.8. The highest BCUT2D eigenvalue weighted by molar-refractivity contribution is 8.13. The molecule has 3 aliphatic rings. The number of ether oxygens (including phenoxy) is 2. The number of nitrogens with zero attached hydrogens (tertiary/aromatic N) is 4. The standard InChI is InChI=1S/C32H48N7O20P3S/c1-16-4-5-17(40)21(32(16)8-6-20(42)57-32)30(46)63-11-10-34-19(41)7-9-35-28(45)25(44)31(2,3)13-55-62(52,53)59-61(50,51)54-12-18-24(58-60(47,48)49)23(43)29(56-18)39-15-38-22-26(33)36-14-37-27(22)39/h14-16,18,21,23-25,29,43-44H,4-13H2,1-3H3,(H,34,41)(H,35,45)(H,50,51)(H,52,53)(H2,33,36,37)(H2,47,48,49)/t16-,18-,21?,23-,24-,25+,29-,32-/m1/s1. The van der Waals surface area contributed by atoms with E-state index in [2.05, 4.69) is 34.4 Å². The third-order valence-corrected chi connectivity index (χ3v) is 14.5. The molecule has 0 radical (unpaired) electrons. The molecule has 1 saturated carbocycles. The minimum Gasteiger partial charge on any atom is -0.457 e. The van der Waals surface area contributed by atoms with E-state index in [1.807, 2.05) is 6.92 Å². The van der Waals surface area contributed by atoms with Crippen LogP contribution in [0.25, 0.3) is 11.2 Å². The van der Waals surface area contributed by atoms with Crippen LogP contribution in [-0.2, 0) is 65.0 Å². The number of esters is 1. The highest BCUT2D eigenvalue weighted by Gasteiger charge is 2.58. The number of anilines is 1. The van der Waals surface area contributed by atoms with Crippen LogP contribution in [-0.4, -0.2) is 140 Å². The van der Waals surface area contributed by atoms with Crippen molar-refractivity contribution in [2.75, 3.05) is 37.8 Å². The van der Waals surface area contributed by atoms with E-state index in [1.165, 1.54) is 13.8 Å². The van der Waals surface area contributed by atoms with Crippen LogP contribution in [0, 0.1) is 17.3 Å². The first-order valence-electron chi connectivity index (χ1n) is 19.1. The van der Waals surface area contributed by atoms with E-state index in [0.717, 1.165) is 29.0 Å². The SMILES string of the molecule is C[C@@H]1CCC(=O)C(C(=O)SCCNC(=O)CCNC(=O)[C@H](O)C(C)(C)COP(=O)(O)OP(=O)(O)OC[C@H]2O[C@@H](n3cnc4c(N)ncnc43)[C@H](O)[C@@H]2OP(=O)(O)O)[C@@]12CCC(=O)O2. The van der Waals surface area contributed by atoms with Gasteiger partial charge in [-0.3, -0.25) is 42.1 Å². The van der Waals surface area contributed by atoms with Crippen molar-refractivity contribution in [3.05, 3.63) is 12.7 Å². The Morgan fingerprint density at radius 3 is 2.43 bits per heavy atom. The molecular weight excluding hydrogens is 927 g/mol. The molecule has 2 aliphatic heterocycles. The molecule has 3 fully saturated rings. The minimum atomic E-state index is -5.61. The number of aliphatic hydroxyl groups is 2. The minimum absolute atomic E-state index is 0.0174. The molecule has 4 heterocycles. The molecule has 2 saturated heterocycles. The van der Waals surface area contributed by atoms with Crippen LogP contribution in [0.2, 0.25) is 0 Å². The number of carbonyl (C=O) groups excluding carboxylic acids is 5. The number of aliphatic hydroxyl groups excluding tert-OH is 2. The van der Waals surface area contributed by atoms with Gasteiger partial charge in [-0.2, -0.15) is 4.31 Å². The number of hydrogen-bond acceptors (Lipinski definition) is 21. The summed E-state index contributed by atoms with van der Waals surface area (Å²) in [6.45, 7) is 1.96. The number of Topliss-reactive ketones (excluding diaryl/α,β-unsaturated/α-hetero) is 1. The van der Waals surface area contributed by atoms with E-state index < -0.39 is 107 Å². The Balaban J connectivity index is 1.04. The summed E-state index contributed by atoms with van der Waals surface area (Å²) in [4.78, 5) is 114. The highest BCUT2D eigenvalue weighted by atomic mass is 32.2. The number of amides is 2. The first-order chi connectivity index (χ1) is 29.3. The molecule has 5 rings (SSSR count). The number of nitrogens with one attached hydrogen (secondary N) is 2. The van der Waals surface area contributed by atoms with Gasteiger partial charge in [0, 0.05) is 43.5 Å². The Bertz CT molecular complexity index is 2210. The quantitative estimate of drug-likeness (QED) is 0.0345. The molecule has 3 unspecified atom stereocenters. The van der Waals surface area contributed by atoms with Crippen molar-refractivity contribution < 1.29 is 94.8 Å². The van der Waals surface area contributed by atoms with Gasteiger partial charge >= 0.3 is 29.4 Å². The maximum Gasteiger partial charge on any atom is 0.481 e. The molecule has 2 amide bonds. The van der Waals surface area contributed by atoms with Gasteiger partial charge in [-0.25, -0.2) is 28.6 Å². The maximum atomic E-state index is 13.1. The molecule has 63 heavy (non-hydrogen) atoms. The van der Waals surface area contributed by atoms with Crippen molar-refractivity contribution in [3.8, 4) is 0 Å². The smallest absolute Gasteiger partial charge is 0.457 e. The summed E-state index contributed by atoms with van der Waals surface area (Å²) >= 11 is 0.832. The van der Waals surface area contributed by atoms with E-state index >= 15 is 0 Å². The van der Waals surface area contributed by atoms with Gasteiger partial charge in [-0.1, -0.05) is 32.5 Å². The second-order valence-electron chi connectivity index (χ2n) is 15.5. The molecule has 0 aromatic carbocycles. The lowest BCUT2D eigenvalue weighted by molar-refractivity contribution is -0.168. The third kappa shape index (κ3) is 12.5. The van der Waals surface area contributed by atoms with Gasteiger partial charge in [0.15, 0.2) is 17.7 Å². The Morgan fingerprint density at radius 2 is 1.76 bits per heavy atom. The fourth-order valence-electron chi connectivity index (χ4n) is 7.16. The van der Waals surface area contributed by atoms with Gasteiger partial charge in [0.2, 0.25) is 16.9 Å². The number of ketones is 1. The summed E-state index contributed by atoms with van der Waals surface area (Å²) < 4.78 is 67.8. The lowest BCUT2D eigenvalue weighted by Crippen LogP contribution is -2.53.